The normalized spacial score (nSPS) is 11.2. The van der Waals surface area contributed by atoms with Crippen molar-refractivity contribution in [3.8, 4) is 5.75 Å². The van der Waals surface area contributed by atoms with E-state index in [-0.39, 0.29) is 4.90 Å². The molecule has 22 heavy (non-hydrogen) atoms. The summed E-state index contributed by atoms with van der Waals surface area (Å²) in [5.74, 6) is 0.629. The van der Waals surface area contributed by atoms with Gasteiger partial charge in [-0.2, -0.15) is 0 Å². The highest BCUT2D eigenvalue weighted by Gasteiger charge is 2.23. The van der Waals surface area contributed by atoms with Gasteiger partial charge in [-0.3, -0.25) is 4.31 Å². The van der Waals surface area contributed by atoms with Crippen LogP contribution in [0, 0.1) is 0 Å². The topological polar surface area (TPSA) is 46.6 Å². The summed E-state index contributed by atoms with van der Waals surface area (Å²) >= 11 is 1.58. The first-order chi connectivity index (χ1) is 10.5. The molecule has 0 unspecified atom stereocenters. The highest BCUT2D eigenvalue weighted by molar-refractivity contribution is 7.98. The molecular formula is C16H19NO3S2. The Kier molecular flexibility index (Phi) is 5.37. The molecule has 0 amide bonds. The molecule has 0 aliphatic rings. The van der Waals surface area contributed by atoms with Crippen molar-refractivity contribution in [1.29, 1.82) is 0 Å². The van der Waals surface area contributed by atoms with E-state index in [1.165, 1.54) is 4.31 Å². The van der Waals surface area contributed by atoms with E-state index in [4.69, 9.17) is 4.74 Å². The summed E-state index contributed by atoms with van der Waals surface area (Å²) in [6.07, 6.45) is 1.96. The molecule has 0 aromatic heterocycles. The van der Waals surface area contributed by atoms with Crippen LogP contribution in [0.3, 0.4) is 0 Å². The summed E-state index contributed by atoms with van der Waals surface area (Å²) in [6.45, 7) is 2.16. The Hall–Kier alpha value is -1.66. The summed E-state index contributed by atoms with van der Waals surface area (Å²) in [5.41, 5.74) is 0.593. The Morgan fingerprint density at radius 1 is 1.14 bits per heavy atom. The predicted octanol–water partition coefficient (Wildman–Crippen LogP) is 3.63. The van der Waals surface area contributed by atoms with E-state index in [0.29, 0.717) is 18.0 Å². The van der Waals surface area contributed by atoms with Gasteiger partial charge in [0, 0.05) is 17.5 Å². The number of benzene rings is 2. The molecule has 0 bridgehead atoms. The number of hydrogen-bond acceptors (Lipinski definition) is 4. The monoisotopic (exact) mass is 337 g/mol. The van der Waals surface area contributed by atoms with Gasteiger partial charge < -0.3 is 4.74 Å². The summed E-state index contributed by atoms with van der Waals surface area (Å²) in [7, 11) is -2.03. The number of methoxy groups -OCH3 is 1. The summed E-state index contributed by atoms with van der Waals surface area (Å²) < 4.78 is 32.2. The number of ether oxygens (including phenoxy) is 1. The van der Waals surface area contributed by atoms with Crippen molar-refractivity contribution >= 4 is 27.5 Å². The molecular weight excluding hydrogens is 318 g/mol. The molecule has 2 rings (SSSR count). The van der Waals surface area contributed by atoms with Crippen LogP contribution in [0.5, 0.6) is 5.75 Å². The van der Waals surface area contributed by atoms with Gasteiger partial charge in [-0.15, -0.1) is 11.8 Å². The number of thioether (sulfide) groups is 1. The zero-order valence-corrected chi connectivity index (χ0v) is 14.4. The zero-order chi connectivity index (χ0) is 16.2. The minimum Gasteiger partial charge on any atom is -0.497 e. The maximum Gasteiger partial charge on any atom is 0.264 e. The molecule has 118 valence electrons. The average Bonchev–Trinajstić information content (AvgIpc) is 2.55. The van der Waals surface area contributed by atoms with E-state index in [9.17, 15) is 8.42 Å². The van der Waals surface area contributed by atoms with Crippen molar-refractivity contribution < 1.29 is 13.2 Å². The lowest BCUT2D eigenvalue weighted by molar-refractivity contribution is 0.415. The number of hydrogen-bond donors (Lipinski definition) is 0. The van der Waals surface area contributed by atoms with Gasteiger partial charge in [0.15, 0.2) is 0 Å². The largest absolute Gasteiger partial charge is 0.497 e. The average molecular weight is 337 g/mol. The third-order valence-electron chi connectivity index (χ3n) is 3.28. The molecule has 0 fully saturated rings. The molecule has 0 spiro atoms. The second-order valence-electron chi connectivity index (χ2n) is 4.55. The Labute approximate surface area is 136 Å². The Balaban J connectivity index is 2.43. The third-order valence-corrected chi connectivity index (χ3v) is 5.94. The molecule has 0 radical (unpaired) electrons. The van der Waals surface area contributed by atoms with Gasteiger partial charge in [-0.05, 0) is 49.6 Å². The first-order valence-electron chi connectivity index (χ1n) is 6.83. The fraction of sp³-hybridized carbons (Fsp3) is 0.250. The van der Waals surface area contributed by atoms with Crippen molar-refractivity contribution in [2.24, 2.45) is 0 Å². The van der Waals surface area contributed by atoms with Crippen molar-refractivity contribution in [3.05, 3.63) is 48.5 Å². The predicted molar refractivity (Wildman–Crippen MR) is 91.4 cm³/mol. The van der Waals surface area contributed by atoms with Crippen LogP contribution in [0.25, 0.3) is 0 Å². The molecule has 2 aromatic rings. The zero-order valence-electron chi connectivity index (χ0n) is 12.8. The molecule has 4 nitrogen and oxygen atoms in total. The van der Waals surface area contributed by atoms with E-state index in [0.717, 1.165) is 4.90 Å². The molecule has 2 aromatic carbocycles. The minimum atomic E-state index is -3.59. The van der Waals surface area contributed by atoms with Gasteiger partial charge in [0.2, 0.25) is 0 Å². The third kappa shape index (κ3) is 3.39. The highest BCUT2D eigenvalue weighted by atomic mass is 32.2. The summed E-state index contributed by atoms with van der Waals surface area (Å²) in [4.78, 5) is 1.32. The molecule has 0 saturated heterocycles. The fourth-order valence-electron chi connectivity index (χ4n) is 2.13. The SMILES string of the molecule is CCN(c1cccc(OC)c1)S(=O)(=O)c1ccc(SC)cc1. The van der Waals surface area contributed by atoms with Gasteiger partial charge in [-0.25, -0.2) is 8.42 Å². The first kappa shape index (κ1) is 16.7. The van der Waals surface area contributed by atoms with Crippen LogP contribution in [0.4, 0.5) is 5.69 Å². The molecule has 0 saturated carbocycles. The van der Waals surface area contributed by atoms with Crippen molar-refractivity contribution in [2.45, 2.75) is 16.7 Å². The molecule has 0 aliphatic heterocycles. The minimum absolute atomic E-state index is 0.287. The lowest BCUT2D eigenvalue weighted by Gasteiger charge is -2.23. The van der Waals surface area contributed by atoms with Crippen LogP contribution >= 0.6 is 11.8 Å². The second kappa shape index (κ2) is 7.07. The number of nitrogens with zero attached hydrogens (tertiary/aromatic N) is 1. The first-order valence-corrected chi connectivity index (χ1v) is 9.50. The fourth-order valence-corrected chi connectivity index (χ4v) is 4.01. The van der Waals surface area contributed by atoms with Gasteiger partial charge in [0.25, 0.3) is 10.0 Å². The van der Waals surface area contributed by atoms with E-state index in [1.54, 1.807) is 55.3 Å². The lowest BCUT2D eigenvalue weighted by atomic mass is 10.3. The maximum atomic E-state index is 12.8. The summed E-state index contributed by atoms with van der Waals surface area (Å²) in [6, 6.07) is 14.0. The number of sulfonamides is 1. The van der Waals surface area contributed by atoms with Gasteiger partial charge in [0.1, 0.15) is 5.75 Å². The molecule has 0 heterocycles. The Morgan fingerprint density at radius 2 is 1.82 bits per heavy atom. The molecule has 0 atom stereocenters. The van der Waals surface area contributed by atoms with Crippen LogP contribution in [0.15, 0.2) is 58.3 Å². The van der Waals surface area contributed by atoms with Gasteiger partial charge in [0.05, 0.1) is 17.7 Å². The van der Waals surface area contributed by atoms with Crippen LogP contribution < -0.4 is 9.04 Å². The van der Waals surface area contributed by atoms with Crippen molar-refractivity contribution in [2.75, 3.05) is 24.2 Å². The van der Waals surface area contributed by atoms with E-state index >= 15 is 0 Å². The number of rotatable bonds is 6. The van der Waals surface area contributed by atoms with Crippen molar-refractivity contribution in [3.63, 3.8) is 0 Å². The standard InChI is InChI=1S/C16H19NO3S2/c1-4-17(13-6-5-7-14(12-13)20-2)22(18,19)16-10-8-15(21-3)9-11-16/h5-12H,4H2,1-3H3. The van der Waals surface area contributed by atoms with Gasteiger partial charge >= 0.3 is 0 Å². The molecule has 0 aliphatic carbocycles. The van der Waals surface area contributed by atoms with Crippen LogP contribution in [0.1, 0.15) is 6.92 Å². The molecule has 6 heteroatoms. The quantitative estimate of drug-likeness (QED) is 0.755. The van der Waals surface area contributed by atoms with Crippen LogP contribution in [-0.2, 0) is 10.0 Å². The van der Waals surface area contributed by atoms with E-state index in [2.05, 4.69) is 0 Å². The van der Waals surface area contributed by atoms with E-state index in [1.807, 2.05) is 25.3 Å². The second-order valence-corrected chi connectivity index (χ2v) is 7.29. The summed E-state index contributed by atoms with van der Waals surface area (Å²) in [5, 5.41) is 0. The molecule has 0 N–H and O–H groups in total. The maximum absolute atomic E-state index is 12.8. The van der Waals surface area contributed by atoms with Crippen molar-refractivity contribution in [1.82, 2.24) is 0 Å². The lowest BCUT2D eigenvalue weighted by Crippen LogP contribution is -2.30. The Morgan fingerprint density at radius 3 is 2.36 bits per heavy atom. The van der Waals surface area contributed by atoms with Crippen LogP contribution in [-0.4, -0.2) is 28.3 Å². The highest BCUT2D eigenvalue weighted by Crippen LogP contribution is 2.27. The number of anilines is 1. The smallest absolute Gasteiger partial charge is 0.264 e. The van der Waals surface area contributed by atoms with Gasteiger partial charge in [-0.1, -0.05) is 6.07 Å². The Bertz CT molecular complexity index is 727. The van der Waals surface area contributed by atoms with E-state index < -0.39 is 10.0 Å². The van der Waals surface area contributed by atoms with Crippen LogP contribution in [0.2, 0.25) is 0 Å².